The van der Waals surface area contributed by atoms with Gasteiger partial charge in [-0.2, -0.15) is 0 Å². The highest BCUT2D eigenvalue weighted by Crippen LogP contribution is 2.44. The molecule has 0 amide bonds. The van der Waals surface area contributed by atoms with Gasteiger partial charge in [-0.3, -0.25) is 0 Å². The van der Waals surface area contributed by atoms with Crippen LogP contribution in [0.3, 0.4) is 0 Å². The van der Waals surface area contributed by atoms with Crippen molar-refractivity contribution in [3.63, 3.8) is 0 Å². The molecular weight excluding hydrogens is 2150 g/mol. The zero-order valence-corrected chi connectivity index (χ0v) is 82.2. The van der Waals surface area contributed by atoms with Crippen molar-refractivity contribution < 1.29 is 0 Å². The third kappa shape index (κ3) is 13.5. The van der Waals surface area contributed by atoms with Crippen LogP contribution in [0.1, 0.15) is 0 Å². The van der Waals surface area contributed by atoms with E-state index in [1.165, 1.54) is 0 Å². The summed E-state index contributed by atoms with van der Waals surface area (Å²) in [6, 6.07) is 0. The van der Waals surface area contributed by atoms with Crippen molar-refractivity contribution >= 4 is 620 Å². The van der Waals surface area contributed by atoms with E-state index >= 15 is 0 Å². The molecule has 0 spiro atoms. The van der Waals surface area contributed by atoms with Crippen LogP contribution in [0.5, 0.6) is 0 Å². The van der Waals surface area contributed by atoms with E-state index in [4.69, 9.17) is 493 Å². The summed E-state index contributed by atoms with van der Waals surface area (Å²) in [4.78, 5) is 0. The van der Waals surface area contributed by atoms with E-state index in [2.05, 4.69) is 11.7 Å². The maximum Gasteiger partial charge on any atom is 0.126 e. The lowest BCUT2D eigenvalue weighted by Gasteiger charge is -2.36. The second-order valence-corrected chi connectivity index (χ2v) is 238. The first kappa shape index (κ1) is 82.7. The SMILES string of the molecule is [3H]S(=S)(=S)S(=S)(=S)S(=S)(=S)S(=S)(=S)S(=S)(=S)S(=S)(=S)S(=S)(=S)S(=S)(=S)S(=S)(=S)S(=S)(=S)S(=S)(=S)S(=S)(=S)S(=S)(=S)S(=S)(=S)S(=S)(=S)S(=S)(=S)S(=S)(=S)S(=S)(=S)S(=S)(=S)S(=S)(=S)S(=S)(=S)S(=S)(=S)S. The highest BCUT2D eigenvalue weighted by Gasteiger charge is 2.47. The molecule has 0 saturated carbocycles. The van der Waals surface area contributed by atoms with E-state index in [0.717, 1.165) is 0 Å². The molecule has 0 atom stereocenters. The highest BCUT2D eigenvalue weighted by atomic mass is 34.5. The Morgan fingerprint density at radius 3 is 0.373 bits per heavy atom. The first-order chi connectivity index (χ1) is 28.2. The topological polar surface area (TPSA) is 0 Å². The minimum atomic E-state index is -4.00. The van der Waals surface area contributed by atoms with Gasteiger partial charge in [0.2, 0.25) is 0 Å². The number of rotatable bonds is 21. The van der Waals surface area contributed by atoms with Crippen molar-refractivity contribution in [3.8, 4) is 0 Å². The van der Waals surface area contributed by atoms with E-state index in [0.29, 0.717) is 0 Å². The molecule has 0 unspecified atom stereocenters. The molecule has 0 aromatic heterocycles. The van der Waals surface area contributed by atoms with Crippen LogP contribution < -0.4 is 0 Å². The van der Waals surface area contributed by atoms with Crippen molar-refractivity contribution in [1.82, 2.24) is 0 Å². The summed E-state index contributed by atoms with van der Waals surface area (Å²) in [7, 11) is 0. The zero-order chi connectivity index (χ0) is 57.0. The van der Waals surface area contributed by atoms with E-state index in [1.54, 1.807) is 0 Å². The Morgan fingerprint density at radius 2 is 0.284 bits per heavy atom. The summed E-state index contributed by atoms with van der Waals surface area (Å²) < 4.78 is 8.41. The van der Waals surface area contributed by atoms with Crippen LogP contribution in [-0.2, 0) is 609 Å². The molecule has 0 heterocycles. The molecule has 0 aliphatic rings. The van der Waals surface area contributed by atoms with Crippen molar-refractivity contribution in [2.75, 3.05) is 0 Å². The second kappa shape index (κ2) is 26.6. The van der Waals surface area contributed by atoms with Crippen LogP contribution in [0.25, 0.3) is 0 Å². The quantitative estimate of drug-likeness (QED) is 0.117. The monoisotopic (exact) mass is 2150 g/mol. The van der Waals surface area contributed by atoms with E-state index in [-0.39, 0.29) is 0 Å². The van der Waals surface area contributed by atoms with Crippen LogP contribution >= 0.6 is 11.7 Å². The number of thiol groups is 2. The van der Waals surface area contributed by atoms with Gasteiger partial charge in [-0.25, -0.2) is 0 Å². The summed E-state index contributed by atoms with van der Waals surface area (Å²) in [5.41, 5.74) is 0. The molecule has 0 aromatic rings. The van der Waals surface area contributed by atoms with E-state index < -0.39 is 116 Å². The van der Waals surface area contributed by atoms with Crippen LogP contribution in [0.15, 0.2) is 0 Å². The predicted molar refractivity (Wildman–Crippen MR) is 496 cm³/mol. The van der Waals surface area contributed by atoms with Crippen LogP contribution in [-0.4, -0.2) is 1.12 Å². The van der Waals surface area contributed by atoms with Gasteiger partial charge in [-0.15, -0.1) is 0 Å². The third-order valence-corrected chi connectivity index (χ3v) is 419. The number of hydrogen-bond acceptors (Lipinski definition) is 44. The maximum absolute atomic E-state index is 8.41. The molecule has 0 aromatic carbocycles. The largest absolute Gasteiger partial charge is 0.126 e. The molecule has 0 rings (SSSR count). The maximum atomic E-state index is 8.41. The molecule has 67 heteroatoms. The average molecular weight is 2150 g/mol. The van der Waals surface area contributed by atoms with Crippen LogP contribution in [0, 0.1) is 0 Å². The van der Waals surface area contributed by atoms with Crippen molar-refractivity contribution in [2.24, 2.45) is 0 Å². The minimum absolute atomic E-state index is 2.98. The number of hydrogen-bond donors (Lipinski definition) is 2. The van der Waals surface area contributed by atoms with Crippen molar-refractivity contribution in [1.29, 1.82) is 1.12 Å². The Balaban J connectivity index is 8.60. The average Bonchev–Trinajstić information content (AvgIpc) is 3.08. The fourth-order valence-electron chi connectivity index (χ4n) is 2.01. The Kier molecular flexibility index (Phi) is 32.9. The standard InChI is InChI=1S/H2S67/c1-46(2)48(6,7)50(10,11)52(14,15)54(18,19)56(22,23)58(26,27)60(30,31)62(34,35)64(38,39)66(42,43)67(44,45)65(40,41)63(36,37)61(32,33)59(28,29)57(24,25)55(20,21)53(16,17)51(12,13)49(8,9)47(3,4)5/h46H,(H,3,4,5)/i46T. The summed E-state index contributed by atoms with van der Waals surface area (Å²) in [5, 5.41) is -79.0. The van der Waals surface area contributed by atoms with Crippen LogP contribution in [0.4, 0.5) is 0 Å². The summed E-state index contributed by atoms with van der Waals surface area (Å²) in [6.07, 6.45) is 0. The molecule has 0 N–H and O–H groups in total. The zero-order valence-electron chi connectivity index (χ0n) is 28.4. The smallest absolute Gasteiger partial charge is 0.0917 e. The van der Waals surface area contributed by atoms with E-state index in [1.807, 2.05) is 0 Å². The first-order valence-corrected chi connectivity index (χ1v) is 99.1. The fourth-order valence-corrected chi connectivity index (χ4v) is 489. The van der Waals surface area contributed by atoms with Crippen molar-refractivity contribution in [2.45, 2.75) is 0 Å². The summed E-state index contributed by atoms with van der Waals surface area (Å²) in [6.45, 7) is -3.42. The van der Waals surface area contributed by atoms with Gasteiger partial charge in [0, 0.05) is 109 Å². The molecule has 0 nitrogen and oxygen atoms in total. The van der Waals surface area contributed by atoms with Gasteiger partial charge >= 0.3 is 0 Å². The third-order valence-electron chi connectivity index (χ3n) is 5.17. The normalized spacial score (nSPS) is 17.2. The van der Waals surface area contributed by atoms with Gasteiger partial charge in [0.05, 0.1) is 0 Å². The Labute approximate surface area is 603 Å². The highest BCUT2D eigenvalue weighted by molar-refractivity contribution is 9.80. The molecule has 0 aliphatic carbocycles. The molecule has 0 fully saturated rings. The molecule has 404 valence electrons. The van der Waals surface area contributed by atoms with Gasteiger partial charge < -0.3 is 0 Å². The second-order valence-electron chi connectivity index (χ2n) is 8.80. The lowest BCUT2D eigenvalue weighted by Crippen LogP contribution is -2.40. The summed E-state index contributed by atoms with van der Waals surface area (Å²) >= 11 is 264. The van der Waals surface area contributed by atoms with Crippen molar-refractivity contribution in [3.05, 3.63) is 0 Å². The Hall–Kier alpha value is 17.7. The lowest BCUT2D eigenvalue weighted by molar-refractivity contribution is 4.97. The summed E-state index contributed by atoms with van der Waals surface area (Å²) in [5.74, 6) is 0. The van der Waals surface area contributed by atoms with Gasteiger partial charge in [0.1, 0.15) is 1.12 Å². The molecular formula is H2S67. The predicted octanol–water partition coefficient (Wildman–Crippen LogP) is -0.0456. The van der Waals surface area contributed by atoms with E-state index in [9.17, 15) is 0 Å². The lowest BCUT2D eigenvalue weighted by atomic mass is 29.7. The fraction of sp³-hybridized carbons (Fsp3) is 0. The Morgan fingerprint density at radius 1 is 0.194 bits per heavy atom. The molecule has 0 aliphatic heterocycles. The minimum Gasteiger partial charge on any atom is -0.0917 e. The Bertz CT molecular complexity index is 4630. The van der Waals surface area contributed by atoms with Gasteiger partial charge in [0.15, 0.2) is 0 Å². The van der Waals surface area contributed by atoms with Gasteiger partial charge in [0.25, 0.3) is 0 Å². The first-order valence-electron chi connectivity index (χ1n) is 11.4. The molecule has 67 heavy (non-hydrogen) atoms. The molecule has 0 bridgehead atoms. The molecule has 0 radical (unpaired) electrons. The van der Waals surface area contributed by atoms with Gasteiger partial charge in [-0.1, -0.05) is 11.7 Å². The van der Waals surface area contributed by atoms with Crippen LogP contribution in [0.2, 0.25) is 0 Å². The van der Waals surface area contributed by atoms with Gasteiger partial charge in [-0.05, 0) is 499 Å². The molecule has 0 saturated heterocycles.